The van der Waals surface area contributed by atoms with Crippen LogP contribution in [0, 0.1) is 13.8 Å². The third kappa shape index (κ3) is 4.78. The fourth-order valence-corrected chi connectivity index (χ4v) is 2.01. The molecule has 4 heteroatoms. The van der Waals surface area contributed by atoms with E-state index in [0.717, 1.165) is 17.5 Å². The molecule has 0 saturated heterocycles. The van der Waals surface area contributed by atoms with E-state index in [1.54, 1.807) is 0 Å². The van der Waals surface area contributed by atoms with Crippen molar-refractivity contribution in [2.24, 2.45) is 0 Å². The minimum Gasteiger partial charge on any atom is -0.481 e. The quantitative estimate of drug-likeness (QED) is 0.717. The van der Waals surface area contributed by atoms with Crippen LogP contribution in [0.5, 0.6) is 0 Å². The third-order valence-corrected chi connectivity index (χ3v) is 3.40. The molecule has 0 saturated carbocycles. The van der Waals surface area contributed by atoms with E-state index in [4.69, 9.17) is 5.11 Å². The van der Waals surface area contributed by atoms with Crippen LogP contribution in [0.3, 0.4) is 0 Å². The Kier molecular flexibility index (Phi) is 6.39. The highest BCUT2D eigenvalue weighted by Gasteiger charge is 2.20. The van der Waals surface area contributed by atoms with Gasteiger partial charge in [0.05, 0.1) is 6.04 Å². The van der Waals surface area contributed by atoms with E-state index in [2.05, 4.69) is 5.32 Å². The third-order valence-electron chi connectivity index (χ3n) is 3.40. The molecule has 1 aromatic rings. The van der Waals surface area contributed by atoms with Crippen molar-refractivity contribution in [3.63, 3.8) is 0 Å². The summed E-state index contributed by atoms with van der Waals surface area (Å²) in [4.78, 5) is 23.2. The van der Waals surface area contributed by atoms with Crippen molar-refractivity contribution in [1.29, 1.82) is 0 Å². The van der Waals surface area contributed by atoms with E-state index in [1.807, 2.05) is 39.0 Å². The van der Waals surface area contributed by atoms with Crippen LogP contribution >= 0.6 is 0 Å². The molecule has 20 heavy (non-hydrogen) atoms. The minimum absolute atomic E-state index is 0.00202. The molecule has 1 atom stereocenters. The van der Waals surface area contributed by atoms with E-state index in [9.17, 15) is 9.59 Å². The Morgan fingerprint density at radius 1 is 1.25 bits per heavy atom. The van der Waals surface area contributed by atoms with Crippen LogP contribution in [-0.4, -0.2) is 29.4 Å². The lowest BCUT2D eigenvalue weighted by atomic mass is 9.97. The lowest BCUT2D eigenvalue weighted by Gasteiger charge is -2.17. The van der Waals surface area contributed by atoms with Gasteiger partial charge in [-0.2, -0.15) is 0 Å². The summed E-state index contributed by atoms with van der Waals surface area (Å²) in [6.07, 6.45) is 1.23. The van der Waals surface area contributed by atoms with Gasteiger partial charge in [-0.15, -0.1) is 0 Å². The van der Waals surface area contributed by atoms with Crippen LogP contribution in [0.15, 0.2) is 18.2 Å². The molecule has 0 bridgehead atoms. The number of carboxylic acids is 1. The SMILES string of the molecule is CCCNC(CCC(=O)O)C(=O)c1ccc(C)c(C)c1. The lowest BCUT2D eigenvalue weighted by molar-refractivity contribution is -0.137. The molecule has 2 N–H and O–H groups in total. The van der Waals surface area contributed by atoms with E-state index < -0.39 is 12.0 Å². The number of carboxylic acid groups (broad SMARTS) is 1. The zero-order valence-electron chi connectivity index (χ0n) is 12.4. The molecule has 0 aliphatic heterocycles. The number of hydrogen-bond donors (Lipinski definition) is 2. The van der Waals surface area contributed by atoms with Gasteiger partial charge >= 0.3 is 5.97 Å². The number of carbonyl (C=O) groups is 2. The van der Waals surface area contributed by atoms with Crippen molar-refractivity contribution < 1.29 is 14.7 Å². The smallest absolute Gasteiger partial charge is 0.303 e. The first-order valence-corrected chi connectivity index (χ1v) is 7.02. The van der Waals surface area contributed by atoms with Crippen LogP contribution in [-0.2, 0) is 4.79 Å². The average molecular weight is 277 g/mol. The Hall–Kier alpha value is -1.68. The number of Topliss-reactive ketones (excluding diaryl/α,β-unsaturated/α-hetero) is 1. The number of benzene rings is 1. The highest BCUT2D eigenvalue weighted by Crippen LogP contribution is 2.13. The zero-order chi connectivity index (χ0) is 15.1. The predicted molar refractivity (Wildman–Crippen MR) is 79.2 cm³/mol. The van der Waals surface area contributed by atoms with Crippen molar-refractivity contribution in [1.82, 2.24) is 5.32 Å². The lowest BCUT2D eigenvalue weighted by Crippen LogP contribution is -2.37. The van der Waals surface area contributed by atoms with Gasteiger partial charge in [-0.3, -0.25) is 9.59 Å². The van der Waals surface area contributed by atoms with Gasteiger partial charge in [0.2, 0.25) is 0 Å². The topological polar surface area (TPSA) is 66.4 Å². The summed E-state index contributed by atoms with van der Waals surface area (Å²) in [5, 5.41) is 11.9. The molecular formula is C16H23NO3. The molecule has 0 aliphatic rings. The van der Waals surface area contributed by atoms with Crippen molar-refractivity contribution in [2.75, 3.05) is 6.54 Å². The van der Waals surface area contributed by atoms with Gasteiger partial charge in [0, 0.05) is 12.0 Å². The Balaban J connectivity index is 2.84. The zero-order valence-corrected chi connectivity index (χ0v) is 12.4. The largest absolute Gasteiger partial charge is 0.481 e. The number of aliphatic carboxylic acids is 1. The fraction of sp³-hybridized carbons (Fsp3) is 0.500. The van der Waals surface area contributed by atoms with Gasteiger partial charge in [-0.25, -0.2) is 0 Å². The highest BCUT2D eigenvalue weighted by molar-refractivity contribution is 6.00. The van der Waals surface area contributed by atoms with Crippen molar-refractivity contribution in [3.8, 4) is 0 Å². The van der Waals surface area contributed by atoms with E-state index in [1.165, 1.54) is 0 Å². The van der Waals surface area contributed by atoms with Crippen LogP contribution in [0.4, 0.5) is 0 Å². The van der Waals surface area contributed by atoms with E-state index in [-0.39, 0.29) is 12.2 Å². The molecule has 1 aromatic carbocycles. The number of aryl methyl sites for hydroxylation is 2. The second kappa shape index (κ2) is 7.80. The Bertz CT molecular complexity index is 483. The van der Waals surface area contributed by atoms with Gasteiger partial charge in [0.25, 0.3) is 0 Å². The molecule has 4 nitrogen and oxygen atoms in total. The van der Waals surface area contributed by atoms with Gasteiger partial charge in [0.1, 0.15) is 0 Å². The van der Waals surface area contributed by atoms with Gasteiger partial charge in [-0.05, 0) is 50.4 Å². The molecule has 0 spiro atoms. The maximum atomic E-state index is 12.5. The molecule has 0 heterocycles. The molecule has 1 rings (SSSR count). The number of rotatable bonds is 8. The summed E-state index contributed by atoms with van der Waals surface area (Å²) in [6.45, 7) is 6.70. The molecule has 0 aromatic heterocycles. The maximum Gasteiger partial charge on any atom is 0.303 e. The molecular weight excluding hydrogens is 254 g/mol. The van der Waals surface area contributed by atoms with Crippen LogP contribution in [0.25, 0.3) is 0 Å². The van der Waals surface area contributed by atoms with Crippen molar-refractivity contribution >= 4 is 11.8 Å². The number of carbonyl (C=O) groups excluding carboxylic acids is 1. The number of nitrogens with one attached hydrogen (secondary N) is 1. The van der Waals surface area contributed by atoms with E-state index in [0.29, 0.717) is 18.5 Å². The van der Waals surface area contributed by atoms with Gasteiger partial charge in [-0.1, -0.05) is 19.1 Å². The first-order valence-electron chi connectivity index (χ1n) is 7.02. The average Bonchev–Trinajstić information content (AvgIpc) is 2.41. The summed E-state index contributed by atoms with van der Waals surface area (Å²) in [6, 6.07) is 5.19. The molecule has 110 valence electrons. The number of ketones is 1. The van der Waals surface area contributed by atoms with E-state index >= 15 is 0 Å². The first-order chi connectivity index (χ1) is 9.45. The second-order valence-electron chi connectivity index (χ2n) is 5.10. The molecule has 0 fully saturated rings. The highest BCUT2D eigenvalue weighted by atomic mass is 16.4. The molecule has 0 radical (unpaired) electrons. The van der Waals surface area contributed by atoms with Crippen LogP contribution < -0.4 is 5.32 Å². The Morgan fingerprint density at radius 3 is 2.50 bits per heavy atom. The summed E-state index contributed by atoms with van der Waals surface area (Å²) in [5.41, 5.74) is 2.86. The second-order valence-corrected chi connectivity index (χ2v) is 5.10. The monoisotopic (exact) mass is 277 g/mol. The van der Waals surface area contributed by atoms with Crippen LogP contribution in [0.1, 0.15) is 47.7 Å². The maximum absolute atomic E-state index is 12.5. The molecule has 0 amide bonds. The summed E-state index contributed by atoms with van der Waals surface area (Å²) < 4.78 is 0. The van der Waals surface area contributed by atoms with Crippen LogP contribution in [0.2, 0.25) is 0 Å². The summed E-state index contributed by atoms with van der Waals surface area (Å²) in [7, 11) is 0. The Morgan fingerprint density at radius 2 is 1.95 bits per heavy atom. The summed E-state index contributed by atoms with van der Waals surface area (Å²) >= 11 is 0. The van der Waals surface area contributed by atoms with Crippen molar-refractivity contribution in [3.05, 3.63) is 34.9 Å². The normalized spacial score (nSPS) is 12.2. The number of hydrogen-bond acceptors (Lipinski definition) is 3. The standard InChI is InChI=1S/C16H23NO3/c1-4-9-17-14(7-8-15(18)19)16(20)13-6-5-11(2)12(3)10-13/h5-6,10,14,17H,4,7-9H2,1-3H3,(H,18,19). The van der Waals surface area contributed by atoms with Crippen molar-refractivity contribution in [2.45, 2.75) is 46.1 Å². The molecule has 1 unspecified atom stereocenters. The molecule has 0 aliphatic carbocycles. The van der Waals surface area contributed by atoms with Gasteiger partial charge < -0.3 is 10.4 Å². The fourth-order valence-electron chi connectivity index (χ4n) is 2.01. The van der Waals surface area contributed by atoms with Gasteiger partial charge in [0.15, 0.2) is 5.78 Å². The predicted octanol–water partition coefficient (Wildman–Crippen LogP) is 2.72. The minimum atomic E-state index is -0.874. The first kappa shape index (κ1) is 16.4. The summed E-state index contributed by atoms with van der Waals surface area (Å²) in [5.74, 6) is -0.899. The Labute approximate surface area is 120 Å².